The van der Waals surface area contributed by atoms with E-state index in [1.54, 1.807) is 36.5 Å². The van der Waals surface area contributed by atoms with Crippen LogP contribution in [0.4, 0.5) is 5.13 Å². The maximum Gasteiger partial charge on any atom is 0.251 e. The van der Waals surface area contributed by atoms with Crippen LogP contribution in [0.15, 0.2) is 47.8 Å². The van der Waals surface area contributed by atoms with Gasteiger partial charge in [0.25, 0.3) is 5.91 Å². The SMILES string of the molecule is CC(O)c1cccc(-c2cccc(C(=O)NCc3csc(N(C)C)n3)c2)n1. The largest absolute Gasteiger partial charge is 0.387 e. The number of nitrogens with zero attached hydrogens (tertiary/aromatic N) is 3. The van der Waals surface area contributed by atoms with Crippen LogP contribution < -0.4 is 10.2 Å². The van der Waals surface area contributed by atoms with Crippen LogP contribution in [0.1, 0.15) is 34.8 Å². The molecule has 27 heavy (non-hydrogen) atoms. The average molecular weight is 382 g/mol. The fraction of sp³-hybridized carbons (Fsp3) is 0.250. The van der Waals surface area contributed by atoms with Gasteiger partial charge in [-0.15, -0.1) is 11.3 Å². The van der Waals surface area contributed by atoms with Gasteiger partial charge in [0.1, 0.15) is 0 Å². The number of amides is 1. The highest BCUT2D eigenvalue weighted by Crippen LogP contribution is 2.21. The number of carbonyl (C=O) groups excluding carboxylic acids is 1. The fourth-order valence-corrected chi connectivity index (χ4v) is 3.28. The lowest BCUT2D eigenvalue weighted by Crippen LogP contribution is -2.23. The van der Waals surface area contributed by atoms with Gasteiger partial charge in [0, 0.05) is 30.6 Å². The van der Waals surface area contributed by atoms with Crippen molar-refractivity contribution >= 4 is 22.4 Å². The molecule has 2 heterocycles. The summed E-state index contributed by atoms with van der Waals surface area (Å²) in [6, 6.07) is 12.8. The van der Waals surface area contributed by atoms with Crippen molar-refractivity contribution < 1.29 is 9.90 Å². The van der Waals surface area contributed by atoms with Gasteiger partial charge in [-0.1, -0.05) is 18.2 Å². The quantitative estimate of drug-likeness (QED) is 0.684. The highest BCUT2D eigenvalue weighted by molar-refractivity contribution is 7.13. The minimum atomic E-state index is -0.637. The summed E-state index contributed by atoms with van der Waals surface area (Å²) >= 11 is 1.54. The number of aromatic nitrogens is 2. The minimum Gasteiger partial charge on any atom is -0.387 e. The minimum absolute atomic E-state index is 0.164. The third-order valence-electron chi connectivity index (χ3n) is 3.97. The number of nitrogens with one attached hydrogen (secondary N) is 1. The molecular formula is C20H22N4O2S. The fourth-order valence-electron chi connectivity index (χ4n) is 2.52. The first-order valence-corrected chi connectivity index (χ1v) is 9.47. The Labute approximate surface area is 162 Å². The Hall–Kier alpha value is -2.77. The molecule has 3 rings (SSSR count). The van der Waals surface area contributed by atoms with Crippen molar-refractivity contribution in [3.8, 4) is 11.3 Å². The molecule has 1 aromatic carbocycles. The van der Waals surface area contributed by atoms with Crippen LogP contribution in [0.3, 0.4) is 0 Å². The van der Waals surface area contributed by atoms with Crippen LogP contribution in [0.5, 0.6) is 0 Å². The van der Waals surface area contributed by atoms with E-state index in [9.17, 15) is 9.90 Å². The topological polar surface area (TPSA) is 78.4 Å². The number of aliphatic hydroxyl groups is 1. The summed E-state index contributed by atoms with van der Waals surface area (Å²) < 4.78 is 0. The van der Waals surface area contributed by atoms with E-state index >= 15 is 0 Å². The van der Waals surface area contributed by atoms with Crippen molar-refractivity contribution in [3.05, 3.63) is 64.8 Å². The van der Waals surface area contributed by atoms with Crippen LogP contribution in [0.2, 0.25) is 0 Å². The lowest BCUT2D eigenvalue weighted by atomic mass is 10.1. The van der Waals surface area contributed by atoms with Crippen molar-refractivity contribution in [2.75, 3.05) is 19.0 Å². The molecule has 1 atom stereocenters. The molecule has 0 radical (unpaired) electrons. The molecular weight excluding hydrogens is 360 g/mol. The lowest BCUT2D eigenvalue weighted by Gasteiger charge is -2.09. The number of hydrogen-bond donors (Lipinski definition) is 2. The summed E-state index contributed by atoms with van der Waals surface area (Å²) in [5.41, 5.74) is 3.54. The molecule has 1 unspecified atom stereocenters. The summed E-state index contributed by atoms with van der Waals surface area (Å²) in [7, 11) is 3.88. The van der Waals surface area contributed by atoms with Gasteiger partial charge in [-0.3, -0.25) is 9.78 Å². The smallest absolute Gasteiger partial charge is 0.251 e. The zero-order chi connectivity index (χ0) is 19.4. The third kappa shape index (κ3) is 4.69. The first kappa shape index (κ1) is 19.0. The summed E-state index contributed by atoms with van der Waals surface area (Å²) in [4.78, 5) is 23.4. The number of hydrogen-bond acceptors (Lipinski definition) is 6. The highest BCUT2D eigenvalue weighted by atomic mass is 32.1. The van der Waals surface area contributed by atoms with E-state index in [0.29, 0.717) is 17.8 Å². The first-order chi connectivity index (χ1) is 12.9. The zero-order valence-electron chi connectivity index (χ0n) is 15.5. The predicted octanol–water partition coefficient (Wildman–Crippen LogP) is 3.25. The molecule has 7 heteroatoms. The number of carbonyl (C=O) groups is 1. The number of benzene rings is 1. The molecule has 140 valence electrons. The monoisotopic (exact) mass is 382 g/mol. The Morgan fingerprint density at radius 2 is 2.00 bits per heavy atom. The molecule has 0 fully saturated rings. The van der Waals surface area contributed by atoms with Gasteiger partial charge in [0.2, 0.25) is 0 Å². The van der Waals surface area contributed by atoms with Gasteiger partial charge in [0.05, 0.1) is 29.7 Å². The first-order valence-electron chi connectivity index (χ1n) is 8.59. The summed E-state index contributed by atoms with van der Waals surface area (Å²) in [6.45, 7) is 2.05. The van der Waals surface area contributed by atoms with Crippen molar-refractivity contribution in [1.29, 1.82) is 0 Å². The summed E-state index contributed by atoms with van der Waals surface area (Å²) in [6.07, 6.45) is -0.637. The molecule has 0 bridgehead atoms. The van der Waals surface area contributed by atoms with Gasteiger partial charge in [-0.05, 0) is 31.2 Å². The van der Waals surface area contributed by atoms with Gasteiger partial charge in [0.15, 0.2) is 5.13 Å². The highest BCUT2D eigenvalue weighted by Gasteiger charge is 2.11. The molecule has 3 aromatic rings. The average Bonchev–Trinajstić information content (AvgIpc) is 3.16. The van der Waals surface area contributed by atoms with E-state index in [2.05, 4.69) is 15.3 Å². The van der Waals surface area contributed by atoms with E-state index in [4.69, 9.17) is 0 Å². The van der Waals surface area contributed by atoms with Gasteiger partial charge in [-0.25, -0.2) is 4.98 Å². The molecule has 6 nitrogen and oxygen atoms in total. The van der Waals surface area contributed by atoms with Crippen LogP contribution in [0.25, 0.3) is 11.3 Å². The number of thiazole rings is 1. The Morgan fingerprint density at radius 1 is 1.22 bits per heavy atom. The number of rotatable bonds is 6. The van der Waals surface area contributed by atoms with Crippen LogP contribution >= 0.6 is 11.3 Å². The van der Waals surface area contributed by atoms with Crippen molar-refractivity contribution in [2.24, 2.45) is 0 Å². The Kier molecular flexibility index (Phi) is 5.83. The van der Waals surface area contributed by atoms with Crippen molar-refractivity contribution in [2.45, 2.75) is 19.6 Å². The number of pyridine rings is 1. The summed E-state index contributed by atoms with van der Waals surface area (Å²) in [5.74, 6) is -0.164. The van der Waals surface area contributed by atoms with E-state index < -0.39 is 6.10 Å². The molecule has 0 aliphatic rings. The van der Waals surface area contributed by atoms with Gasteiger partial charge < -0.3 is 15.3 Å². The van der Waals surface area contributed by atoms with E-state index in [0.717, 1.165) is 22.1 Å². The predicted molar refractivity (Wildman–Crippen MR) is 108 cm³/mol. The summed E-state index contributed by atoms with van der Waals surface area (Å²) in [5, 5.41) is 15.5. The molecule has 1 amide bonds. The Bertz CT molecular complexity index is 937. The van der Waals surface area contributed by atoms with Crippen LogP contribution in [0, 0.1) is 0 Å². The normalized spacial score (nSPS) is 11.9. The zero-order valence-corrected chi connectivity index (χ0v) is 16.3. The second-order valence-electron chi connectivity index (χ2n) is 6.40. The standard InChI is InChI=1S/C20H22N4O2S/c1-13(25)17-8-5-9-18(23-17)14-6-4-7-15(10-14)19(26)21-11-16-12-27-20(22-16)24(2)3/h4-10,12-13,25H,11H2,1-3H3,(H,21,26). The van der Waals surface area contributed by atoms with E-state index in [1.165, 1.54) is 0 Å². The van der Waals surface area contributed by atoms with Gasteiger partial charge >= 0.3 is 0 Å². The van der Waals surface area contributed by atoms with Gasteiger partial charge in [-0.2, -0.15) is 0 Å². The van der Waals surface area contributed by atoms with Crippen LogP contribution in [-0.4, -0.2) is 35.1 Å². The maximum atomic E-state index is 12.5. The van der Waals surface area contributed by atoms with E-state index in [1.807, 2.05) is 48.6 Å². The van der Waals surface area contributed by atoms with Crippen LogP contribution in [-0.2, 0) is 6.54 Å². The van der Waals surface area contributed by atoms with Crippen molar-refractivity contribution in [3.63, 3.8) is 0 Å². The van der Waals surface area contributed by atoms with Crippen molar-refractivity contribution in [1.82, 2.24) is 15.3 Å². The second-order valence-corrected chi connectivity index (χ2v) is 7.24. The Morgan fingerprint density at radius 3 is 2.70 bits per heavy atom. The molecule has 0 saturated carbocycles. The third-order valence-corrected chi connectivity index (χ3v) is 5.03. The number of aliphatic hydroxyl groups excluding tert-OH is 1. The van der Waals surface area contributed by atoms with E-state index in [-0.39, 0.29) is 5.91 Å². The molecule has 0 spiro atoms. The number of anilines is 1. The molecule has 0 aliphatic carbocycles. The maximum absolute atomic E-state index is 12.5. The Balaban J connectivity index is 1.72. The second kappa shape index (κ2) is 8.28. The molecule has 0 aliphatic heterocycles. The molecule has 2 N–H and O–H groups in total. The molecule has 0 saturated heterocycles. The molecule has 2 aromatic heterocycles. The lowest BCUT2D eigenvalue weighted by molar-refractivity contribution is 0.0950.